The maximum Gasteiger partial charge on any atom is 0.407 e. The van der Waals surface area contributed by atoms with Crippen molar-refractivity contribution in [3.63, 3.8) is 0 Å². The monoisotopic (exact) mass is 329 g/mol. The van der Waals surface area contributed by atoms with Gasteiger partial charge in [0.2, 0.25) is 0 Å². The molecule has 1 unspecified atom stereocenters. The smallest absolute Gasteiger partial charge is 0.407 e. The Morgan fingerprint density at radius 1 is 1.22 bits per heavy atom. The molecule has 1 amide bonds. The minimum absolute atomic E-state index is 0.0142. The number of carbonyl (C=O) groups excluding carboxylic acids is 2. The first-order valence-corrected chi connectivity index (χ1v) is 8.19. The second kappa shape index (κ2) is 9.37. The Bertz CT molecular complexity index is 417. The third kappa shape index (κ3) is 7.34. The van der Waals surface area contributed by atoms with Gasteiger partial charge in [0, 0.05) is 13.0 Å². The fourth-order valence-corrected chi connectivity index (χ4v) is 2.87. The highest BCUT2D eigenvalue weighted by Crippen LogP contribution is 2.38. The Hall–Kier alpha value is -1.79. The van der Waals surface area contributed by atoms with E-state index in [0.29, 0.717) is 6.54 Å². The number of carbonyl (C=O) groups is 3. The summed E-state index contributed by atoms with van der Waals surface area (Å²) in [5, 5.41) is 11.8. The molecule has 1 aliphatic carbocycles. The molecule has 0 saturated heterocycles. The van der Waals surface area contributed by atoms with Crippen LogP contribution < -0.4 is 5.32 Å². The summed E-state index contributed by atoms with van der Waals surface area (Å²) in [6.45, 7) is 3.63. The normalized spacial score (nSPS) is 17.8. The van der Waals surface area contributed by atoms with Crippen molar-refractivity contribution in [1.29, 1.82) is 0 Å². The van der Waals surface area contributed by atoms with Crippen LogP contribution in [0, 0.1) is 5.41 Å². The molecule has 0 radical (unpaired) electrons. The molecule has 0 aliphatic heterocycles. The number of rotatable bonds is 8. The van der Waals surface area contributed by atoms with Crippen molar-refractivity contribution < 1.29 is 29.0 Å². The van der Waals surface area contributed by atoms with Gasteiger partial charge in [0.1, 0.15) is 12.7 Å². The van der Waals surface area contributed by atoms with Crippen molar-refractivity contribution >= 4 is 18.0 Å². The first-order valence-electron chi connectivity index (χ1n) is 8.19. The van der Waals surface area contributed by atoms with Crippen LogP contribution >= 0.6 is 0 Å². The highest BCUT2D eigenvalue weighted by Gasteiger charge is 2.35. The highest BCUT2D eigenvalue weighted by atomic mass is 16.6. The van der Waals surface area contributed by atoms with Gasteiger partial charge >= 0.3 is 18.0 Å². The van der Waals surface area contributed by atoms with Crippen molar-refractivity contribution in [3.8, 4) is 0 Å². The van der Waals surface area contributed by atoms with Crippen LogP contribution in [-0.4, -0.2) is 42.4 Å². The molecule has 0 aromatic heterocycles. The summed E-state index contributed by atoms with van der Waals surface area (Å²) < 4.78 is 10.0. The number of alkyl carbamates (subject to hydrolysis) is 1. The van der Waals surface area contributed by atoms with Crippen molar-refractivity contribution in [1.82, 2.24) is 5.32 Å². The zero-order valence-electron chi connectivity index (χ0n) is 13.9. The fourth-order valence-electron chi connectivity index (χ4n) is 2.87. The number of esters is 1. The molecule has 0 bridgehead atoms. The van der Waals surface area contributed by atoms with Gasteiger partial charge in [-0.1, -0.05) is 26.2 Å². The van der Waals surface area contributed by atoms with Gasteiger partial charge in [0.25, 0.3) is 0 Å². The Labute approximate surface area is 136 Å². The third-order valence-electron chi connectivity index (χ3n) is 4.12. The van der Waals surface area contributed by atoms with Gasteiger partial charge in [-0.15, -0.1) is 0 Å². The average molecular weight is 329 g/mol. The predicted molar refractivity (Wildman–Crippen MR) is 83.0 cm³/mol. The number of aliphatic carboxylic acids is 1. The summed E-state index contributed by atoms with van der Waals surface area (Å²) in [6.07, 6.45) is 3.82. The van der Waals surface area contributed by atoms with Crippen molar-refractivity contribution in [2.75, 3.05) is 13.2 Å². The van der Waals surface area contributed by atoms with E-state index in [9.17, 15) is 14.4 Å². The van der Waals surface area contributed by atoms with Crippen molar-refractivity contribution in [2.24, 2.45) is 5.41 Å². The molecule has 0 spiro atoms. The number of amides is 1. The van der Waals surface area contributed by atoms with Crippen molar-refractivity contribution in [3.05, 3.63) is 0 Å². The average Bonchev–Trinajstić information content (AvgIpc) is 2.51. The third-order valence-corrected chi connectivity index (χ3v) is 4.12. The quantitative estimate of drug-likeness (QED) is 0.663. The number of hydrogen-bond acceptors (Lipinski definition) is 5. The summed E-state index contributed by atoms with van der Waals surface area (Å²) in [4.78, 5) is 33.9. The van der Waals surface area contributed by atoms with E-state index in [4.69, 9.17) is 14.6 Å². The molecule has 132 valence electrons. The maximum absolute atomic E-state index is 11.8. The van der Waals surface area contributed by atoms with Gasteiger partial charge in [-0.25, -0.2) is 4.79 Å². The van der Waals surface area contributed by atoms with Crippen LogP contribution in [0.1, 0.15) is 58.8 Å². The summed E-state index contributed by atoms with van der Waals surface area (Å²) in [5.74, 6) is -1.19. The van der Waals surface area contributed by atoms with E-state index in [1.165, 1.54) is 0 Å². The second-order valence-corrected chi connectivity index (χ2v) is 6.24. The molecule has 1 saturated carbocycles. The minimum atomic E-state index is -0.845. The number of ether oxygens (including phenoxy) is 2. The SMILES string of the molecule is CCC(=O)OCC(C)OC(=O)NCC1(CC(=O)O)CCCCC1. The first-order chi connectivity index (χ1) is 10.9. The fraction of sp³-hybridized carbons (Fsp3) is 0.812. The Balaban J connectivity index is 2.39. The maximum atomic E-state index is 11.8. The Morgan fingerprint density at radius 2 is 1.87 bits per heavy atom. The molecule has 7 nitrogen and oxygen atoms in total. The van der Waals surface area contributed by atoms with Crippen LogP contribution in [0.25, 0.3) is 0 Å². The number of nitrogens with one attached hydrogen (secondary N) is 1. The second-order valence-electron chi connectivity index (χ2n) is 6.24. The number of hydrogen-bond donors (Lipinski definition) is 2. The van der Waals surface area contributed by atoms with E-state index >= 15 is 0 Å². The van der Waals surface area contributed by atoms with Gasteiger partial charge < -0.3 is 19.9 Å². The zero-order chi connectivity index (χ0) is 17.3. The van der Waals surface area contributed by atoms with Crippen LogP contribution in [0.4, 0.5) is 4.79 Å². The summed E-state index contributed by atoms with van der Waals surface area (Å²) in [6, 6.07) is 0. The van der Waals surface area contributed by atoms with Gasteiger partial charge in [-0.3, -0.25) is 9.59 Å². The Kier molecular flexibility index (Phi) is 7.85. The van der Waals surface area contributed by atoms with Crippen LogP contribution in [0.2, 0.25) is 0 Å². The summed E-state index contributed by atoms with van der Waals surface area (Å²) >= 11 is 0. The molecule has 1 fully saturated rings. The van der Waals surface area contributed by atoms with E-state index in [-0.39, 0.29) is 30.8 Å². The van der Waals surface area contributed by atoms with E-state index in [1.807, 2.05) is 0 Å². The topological polar surface area (TPSA) is 102 Å². The molecule has 0 heterocycles. The van der Waals surface area contributed by atoms with E-state index in [0.717, 1.165) is 32.1 Å². The lowest BCUT2D eigenvalue weighted by molar-refractivity contribution is -0.146. The molecule has 1 aliphatic rings. The molecular formula is C16H27NO6. The van der Waals surface area contributed by atoms with Crippen LogP contribution in [0.15, 0.2) is 0 Å². The zero-order valence-corrected chi connectivity index (χ0v) is 13.9. The number of carboxylic acids is 1. The van der Waals surface area contributed by atoms with Crippen LogP contribution in [0.3, 0.4) is 0 Å². The van der Waals surface area contributed by atoms with Gasteiger partial charge in [-0.05, 0) is 25.2 Å². The lowest BCUT2D eigenvalue weighted by atomic mass is 9.72. The van der Waals surface area contributed by atoms with Crippen LogP contribution in [-0.2, 0) is 19.1 Å². The lowest BCUT2D eigenvalue weighted by Crippen LogP contribution is -2.41. The number of carboxylic acid groups (broad SMARTS) is 1. The summed E-state index contributed by atoms with van der Waals surface area (Å²) in [5.41, 5.74) is -0.388. The van der Waals surface area contributed by atoms with Crippen molar-refractivity contribution in [2.45, 2.75) is 64.9 Å². The minimum Gasteiger partial charge on any atom is -0.481 e. The van der Waals surface area contributed by atoms with Gasteiger partial charge in [-0.2, -0.15) is 0 Å². The molecule has 1 atom stereocenters. The van der Waals surface area contributed by atoms with Gasteiger partial charge in [0.05, 0.1) is 6.42 Å². The van der Waals surface area contributed by atoms with E-state index < -0.39 is 18.2 Å². The molecule has 23 heavy (non-hydrogen) atoms. The van der Waals surface area contributed by atoms with Crippen LogP contribution in [0.5, 0.6) is 0 Å². The first kappa shape index (κ1) is 19.3. The Morgan fingerprint density at radius 3 is 2.43 bits per heavy atom. The highest BCUT2D eigenvalue weighted by molar-refractivity contribution is 5.70. The predicted octanol–water partition coefficient (Wildman–Crippen LogP) is 2.48. The van der Waals surface area contributed by atoms with Gasteiger partial charge in [0.15, 0.2) is 0 Å². The van der Waals surface area contributed by atoms with E-state index in [2.05, 4.69) is 5.32 Å². The van der Waals surface area contributed by atoms with E-state index in [1.54, 1.807) is 13.8 Å². The summed E-state index contributed by atoms with van der Waals surface area (Å²) in [7, 11) is 0. The lowest BCUT2D eigenvalue weighted by Gasteiger charge is -2.36. The molecule has 0 aromatic rings. The largest absolute Gasteiger partial charge is 0.481 e. The standard InChI is InChI=1S/C16H27NO6/c1-3-14(20)22-10-12(2)23-15(21)17-11-16(9-13(18)19)7-5-4-6-8-16/h12H,3-11H2,1-2H3,(H,17,21)(H,18,19). The molecular weight excluding hydrogens is 302 g/mol. The molecule has 1 rings (SSSR count). The molecule has 0 aromatic carbocycles. The molecule has 7 heteroatoms. The molecule has 2 N–H and O–H groups in total.